The first kappa shape index (κ1) is 17.0. The molecule has 1 aromatic rings. The Hall–Kier alpha value is -1.09. The number of halogens is 1. The van der Waals surface area contributed by atoms with Gasteiger partial charge in [-0.3, -0.25) is 4.79 Å². The van der Waals surface area contributed by atoms with Crippen molar-refractivity contribution < 1.29 is 9.53 Å². The lowest BCUT2D eigenvalue weighted by atomic mass is 9.86. The maximum Gasteiger partial charge on any atom is 0.311 e. The minimum atomic E-state index is -0.453. The quantitative estimate of drug-likeness (QED) is 0.508. The van der Waals surface area contributed by atoms with E-state index in [0.717, 1.165) is 18.4 Å². The normalized spacial score (nSPS) is 12.8. The Morgan fingerprint density at radius 3 is 2.70 bits per heavy atom. The van der Waals surface area contributed by atoms with Crippen LogP contribution in [0.25, 0.3) is 6.08 Å². The molecule has 0 saturated carbocycles. The predicted molar refractivity (Wildman–Crippen MR) is 87.8 cm³/mol. The molecular weight excluding hydrogens is 316 g/mol. The summed E-state index contributed by atoms with van der Waals surface area (Å²) in [4.78, 5) is 12.1. The lowest BCUT2D eigenvalue weighted by Gasteiger charge is -2.24. The molecule has 0 fully saturated rings. The molecule has 0 heterocycles. The van der Waals surface area contributed by atoms with Gasteiger partial charge in [-0.15, -0.1) is 0 Å². The molecule has 0 aliphatic carbocycles. The Kier molecular flexibility index (Phi) is 6.47. The Labute approximate surface area is 130 Å². The lowest BCUT2D eigenvalue weighted by Crippen LogP contribution is -2.26. The van der Waals surface area contributed by atoms with Crippen molar-refractivity contribution in [1.29, 1.82) is 0 Å². The van der Waals surface area contributed by atoms with Crippen LogP contribution in [0.1, 0.15) is 49.6 Å². The van der Waals surface area contributed by atoms with Gasteiger partial charge < -0.3 is 4.74 Å². The number of hydrogen-bond donors (Lipinski definition) is 0. The Morgan fingerprint density at radius 1 is 1.45 bits per heavy atom. The van der Waals surface area contributed by atoms with Gasteiger partial charge in [0.25, 0.3) is 0 Å². The zero-order valence-corrected chi connectivity index (χ0v) is 14.1. The third-order valence-electron chi connectivity index (χ3n) is 3.40. The molecule has 1 unspecified atom stereocenters. The number of benzene rings is 1. The van der Waals surface area contributed by atoms with Gasteiger partial charge in [-0.1, -0.05) is 52.9 Å². The second-order valence-corrected chi connectivity index (χ2v) is 6.55. The van der Waals surface area contributed by atoms with Gasteiger partial charge in [0.15, 0.2) is 0 Å². The second-order valence-electron chi connectivity index (χ2n) is 5.44. The van der Waals surface area contributed by atoms with Gasteiger partial charge in [0.05, 0.1) is 12.0 Å². The van der Waals surface area contributed by atoms with Crippen molar-refractivity contribution in [3.05, 3.63) is 42.0 Å². The van der Waals surface area contributed by atoms with Crippen molar-refractivity contribution in [2.75, 3.05) is 6.61 Å². The van der Waals surface area contributed by atoms with Crippen molar-refractivity contribution in [1.82, 2.24) is 0 Å². The van der Waals surface area contributed by atoms with E-state index in [1.165, 1.54) is 5.56 Å². The molecule has 2 nitrogen and oxygen atoms in total. The molecule has 0 amide bonds. The van der Waals surface area contributed by atoms with E-state index in [0.29, 0.717) is 6.61 Å². The van der Waals surface area contributed by atoms with Crippen LogP contribution < -0.4 is 0 Å². The van der Waals surface area contributed by atoms with Gasteiger partial charge in [-0.05, 0) is 44.7 Å². The molecule has 3 heteroatoms. The summed E-state index contributed by atoms with van der Waals surface area (Å²) < 4.78 is 5.12. The zero-order chi connectivity index (χ0) is 15.2. The van der Waals surface area contributed by atoms with E-state index < -0.39 is 5.41 Å². The molecule has 0 bridgehead atoms. The summed E-state index contributed by atoms with van der Waals surface area (Å²) in [7, 11) is 0. The number of carbonyl (C=O) groups is 1. The average Bonchev–Trinajstić information content (AvgIpc) is 2.45. The molecule has 0 spiro atoms. The van der Waals surface area contributed by atoms with Crippen molar-refractivity contribution in [3.8, 4) is 0 Å². The SMILES string of the molecule is C=Cc1ccccc1C(Br)CCC(C)(C)C(=O)OCC. The molecule has 0 saturated heterocycles. The Bertz CT molecular complexity index is 466. The fourth-order valence-electron chi connectivity index (χ4n) is 2.05. The number of rotatable bonds is 7. The van der Waals surface area contributed by atoms with Crippen LogP contribution in [-0.4, -0.2) is 12.6 Å². The van der Waals surface area contributed by atoms with Gasteiger partial charge in [0.1, 0.15) is 0 Å². The molecule has 0 aliphatic heterocycles. The number of carbonyl (C=O) groups excluding carboxylic acids is 1. The summed E-state index contributed by atoms with van der Waals surface area (Å²) in [6.45, 7) is 9.97. The van der Waals surface area contributed by atoms with E-state index >= 15 is 0 Å². The molecular formula is C17H23BrO2. The van der Waals surface area contributed by atoms with Gasteiger partial charge in [0, 0.05) is 4.83 Å². The third kappa shape index (κ3) is 4.48. The van der Waals surface area contributed by atoms with Crippen LogP contribution in [0.3, 0.4) is 0 Å². The lowest BCUT2D eigenvalue weighted by molar-refractivity contribution is -0.153. The molecule has 0 aromatic heterocycles. The summed E-state index contributed by atoms with van der Waals surface area (Å²) in [6.07, 6.45) is 3.50. The average molecular weight is 339 g/mol. The summed E-state index contributed by atoms with van der Waals surface area (Å²) >= 11 is 3.72. The van der Waals surface area contributed by atoms with Crippen molar-refractivity contribution in [2.45, 2.75) is 38.4 Å². The highest BCUT2D eigenvalue weighted by molar-refractivity contribution is 9.09. The molecule has 1 aromatic carbocycles. The Balaban J connectivity index is 2.69. The fraction of sp³-hybridized carbons (Fsp3) is 0.471. The molecule has 0 aliphatic rings. The summed E-state index contributed by atoms with van der Waals surface area (Å²) in [5, 5.41) is 0. The number of alkyl halides is 1. The van der Waals surface area contributed by atoms with E-state index in [-0.39, 0.29) is 10.8 Å². The number of ether oxygens (including phenoxy) is 1. The van der Waals surface area contributed by atoms with Gasteiger partial charge in [-0.25, -0.2) is 0 Å². The minimum Gasteiger partial charge on any atom is -0.466 e. The van der Waals surface area contributed by atoms with Crippen LogP contribution in [0, 0.1) is 5.41 Å². The topological polar surface area (TPSA) is 26.3 Å². The summed E-state index contributed by atoms with van der Waals surface area (Å²) in [5.74, 6) is -0.128. The van der Waals surface area contributed by atoms with E-state index in [4.69, 9.17) is 4.74 Å². The molecule has 0 radical (unpaired) electrons. The van der Waals surface area contributed by atoms with E-state index in [9.17, 15) is 4.79 Å². The smallest absolute Gasteiger partial charge is 0.311 e. The van der Waals surface area contributed by atoms with Crippen molar-refractivity contribution >= 4 is 28.0 Å². The van der Waals surface area contributed by atoms with Crippen molar-refractivity contribution in [3.63, 3.8) is 0 Å². The maximum absolute atomic E-state index is 11.9. The van der Waals surface area contributed by atoms with Gasteiger partial charge in [-0.2, -0.15) is 0 Å². The molecule has 20 heavy (non-hydrogen) atoms. The second kappa shape index (κ2) is 7.63. The first-order valence-electron chi connectivity index (χ1n) is 6.95. The zero-order valence-electron chi connectivity index (χ0n) is 12.5. The third-order valence-corrected chi connectivity index (χ3v) is 4.36. The summed E-state index contributed by atoms with van der Waals surface area (Å²) in [6, 6.07) is 8.16. The van der Waals surface area contributed by atoms with Crippen LogP contribution in [0.2, 0.25) is 0 Å². The van der Waals surface area contributed by atoms with Crippen LogP contribution in [-0.2, 0) is 9.53 Å². The molecule has 1 rings (SSSR count). The number of hydrogen-bond acceptors (Lipinski definition) is 2. The number of esters is 1. The highest BCUT2D eigenvalue weighted by Gasteiger charge is 2.29. The van der Waals surface area contributed by atoms with Crippen LogP contribution >= 0.6 is 15.9 Å². The highest BCUT2D eigenvalue weighted by atomic mass is 79.9. The van der Waals surface area contributed by atoms with Gasteiger partial charge in [0.2, 0.25) is 0 Å². The van der Waals surface area contributed by atoms with Gasteiger partial charge >= 0.3 is 5.97 Å². The van der Waals surface area contributed by atoms with Crippen molar-refractivity contribution in [2.24, 2.45) is 5.41 Å². The Morgan fingerprint density at radius 2 is 2.10 bits per heavy atom. The first-order chi connectivity index (χ1) is 9.42. The standard InChI is InChI=1S/C17H23BrO2/c1-5-13-9-7-8-10-14(13)15(18)11-12-17(3,4)16(19)20-6-2/h5,7-10,15H,1,6,11-12H2,2-4H3. The minimum absolute atomic E-state index is 0.128. The predicted octanol–water partition coefficient (Wildman–Crippen LogP) is 5.14. The fourth-order valence-corrected chi connectivity index (χ4v) is 2.70. The highest BCUT2D eigenvalue weighted by Crippen LogP contribution is 2.35. The molecule has 0 N–H and O–H groups in total. The first-order valence-corrected chi connectivity index (χ1v) is 7.86. The van der Waals surface area contributed by atoms with E-state index in [2.05, 4.69) is 28.6 Å². The molecule has 110 valence electrons. The van der Waals surface area contributed by atoms with Crippen LogP contribution in [0.5, 0.6) is 0 Å². The van der Waals surface area contributed by atoms with Crippen LogP contribution in [0.4, 0.5) is 0 Å². The van der Waals surface area contributed by atoms with Crippen LogP contribution in [0.15, 0.2) is 30.8 Å². The van der Waals surface area contributed by atoms with E-state index in [1.54, 1.807) is 0 Å². The van der Waals surface area contributed by atoms with E-state index in [1.807, 2.05) is 45.0 Å². The molecule has 1 atom stereocenters. The summed E-state index contributed by atoms with van der Waals surface area (Å²) in [5.41, 5.74) is 1.89. The maximum atomic E-state index is 11.9. The monoisotopic (exact) mass is 338 g/mol. The largest absolute Gasteiger partial charge is 0.466 e.